The Bertz CT molecular complexity index is 391. The monoisotopic (exact) mass is 283 g/mol. The van der Waals surface area contributed by atoms with Crippen LogP contribution in [-0.2, 0) is 14.4 Å². The average Bonchev–Trinajstić information content (AvgIpc) is 2.82. The third-order valence-electron chi connectivity index (χ3n) is 3.86. The summed E-state index contributed by atoms with van der Waals surface area (Å²) in [5.74, 6) is -0.729. The van der Waals surface area contributed by atoms with Gasteiger partial charge < -0.3 is 14.9 Å². The summed E-state index contributed by atoms with van der Waals surface area (Å²) >= 11 is 0. The van der Waals surface area contributed by atoms with Gasteiger partial charge in [-0.05, 0) is 6.42 Å². The quantitative estimate of drug-likeness (QED) is 0.716. The molecule has 0 atom stereocenters. The van der Waals surface area contributed by atoms with Gasteiger partial charge in [-0.15, -0.1) is 0 Å². The van der Waals surface area contributed by atoms with E-state index in [2.05, 4.69) is 4.90 Å². The molecule has 2 fully saturated rings. The van der Waals surface area contributed by atoms with Gasteiger partial charge in [0.1, 0.15) is 0 Å². The zero-order valence-electron chi connectivity index (χ0n) is 11.6. The number of hydrogen-bond donors (Lipinski definition) is 1. The smallest absolute Gasteiger partial charge is 0.304 e. The number of carbonyl (C=O) groups is 3. The van der Waals surface area contributed by atoms with Crippen LogP contribution in [0.2, 0.25) is 0 Å². The summed E-state index contributed by atoms with van der Waals surface area (Å²) in [6, 6.07) is 0. The molecule has 0 saturated carbocycles. The molecule has 0 aromatic heterocycles. The first-order valence-corrected chi connectivity index (χ1v) is 7.06. The van der Waals surface area contributed by atoms with Crippen LogP contribution in [0.4, 0.5) is 0 Å². The molecule has 2 amide bonds. The van der Waals surface area contributed by atoms with E-state index in [0.29, 0.717) is 45.7 Å². The van der Waals surface area contributed by atoms with Crippen molar-refractivity contribution < 1.29 is 19.5 Å². The van der Waals surface area contributed by atoms with E-state index in [1.54, 1.807) is 9.80 Å². The zero-order valence-corrected chi connectivity index (χ0v) is 11.6. The van der Waals surface area contributed by atoms with Crippen LogP contribution in [0, 0.1) is 0 Å². The average molecular weight is 283 g/mol. The molecule has 0 spiro atoms. The van der Waals surface area contributed by atoms with Gasteiger partial charge >= 0.3 is 5.97 Å². The summed E-state index contributed by atoms with van der Waals surface area (Å²) in [4.78, 5) is 39.5. The van der Waals surface area contributed by atoms with Gasteiger partial charge in [-0.2, -0.15) is 0 Å². The number of rotatable bonds is 5. The van der Waals surface area contributed by atoms with Crippen molar-refractivity contribution in [2.75, 3.05) is 45.8 Å². The Labute approximate surface area is 118 Å². The predicted molar refractivity (Wildman–Crippen MR) is 71.1 cm³/mol. The van der Waals surface area contributed by atoms with Gasteiger partial charge in [0.15, 0.2) is 0 Å². The number of piperazine rings is 1. The maximum absolute atomic E-state index is 12.1. The van der Waals surface area contributed by atoms with Gasteiger partial charge in [-0.25, -0.2) is 0 Å². The maximum atomic E-state index is 12.1. The Kier molecular flexibility index (Phi) is 4.94. The lowest BCUT2D eigenvalue weighted by Crippen LogP contribution is -2.51. The van der Waals surface area contributed by atoms with Crippen LogP contribution in [0.15, 0.2) is 0 Å². The van der Waals surface area contributed by atoms with Crippen LogP contribution in [0.1, 0.15) is 19.3 Å². The first kappa shape index (κ1) is 14.8. The zero-order chi connectivity index (χ0) is 14.5. The third-order valence-corrected chi connectivity index (χ3v) is 3.86. The molecule has 7 nitrogen and oxygen atoms in total. The summed E-state index contributed by atoms with van der Waals surface area (Å²) in [5.41, 5.74) is 0. The van der Waals surface area contributed by atoms with Crippen molar-refractivity contribution in [2.45, 2.75) is 19.3 Å². The summed E-state index contributed by atoms with van der Waals surface area (Å²) < 4.78 is 0. The van der Waals surface area contributed by atoms with Crippen LogP contribution < -0.4 is 0 Å². The van der Waals surface area contributed by atoms with E-state index >= 15 is 0 Å². The summed E-state index contributed by atoms with van der Waals surface area (Å²) in [5, 5.41) is 8.64. The SMILES string of the molecule is O=C(O)CCN1CCN(C(=O)CN2CCCC2=O)CC1. The van der Waals surface area contributed by atoms with Crippen molar-refractivity contribution in [2.24, 2.45) is 0 Å². The number of nitrogens with zero attached hydrogens (tertiary/aromatic N) is 3. The lowest BCUT2D eigenvalue weighted by molar-refractivity contribution is -0.140. The molecule has 2 saturated heterocycles. The number of aliphatic carboxylic acids is 1. The molecule has 2 aliphatic heterocycles. The third kappa shape index (κ3) is 3.93. The molecule has 2 heterocycles. The van der Waals surface area contributed by atoms with E-state index in [0.717, 1.165) is 6.42 Å². The Morgan fingerprint density at radius 2 is 1.80 bits per heavy atom. The first-order valence-electron chi connectivity index (χ1n) is 7.06. The summed E-state index contributed by atoms with van der Waals surface area (Å²) in [6.45, 7) is 4.03. The van der Waals surface area contributed by atoms with Gasteiger partial charge in [-0.3, -0.25) is 19.3 Å². The Morgan fingerprint density at radius 3 is 2.35 bits per heavy atom. The van der Waals surface area contributed by atoms with Gasteiger partial charge in [0.05, 0.1) is 13.0 Å². The molecule has 112 valence electrons. The standard InChI is InChI=1S/C13H21N3O4/c17-11-2-1-4-16(11)10-12(18)15-8-6-14(7-9-15)5-3-13(19)20/h1-10H2,(H,19,20). The fourth-order valence-electron chi connectivity index (χ4n) is 2.61. The second kappa shape index (κ2) is 6.69. The molecule has 7 heteroatoms. The Balaban J connectivity index is 1.71. The lowest BCUT2D eigenvalue weighted by atomic mass is 10.3. The molecule has 2 rings (SSSR count). The van der Waals surface area contributed by atoms with Crippen LogP contribution in [0.3, 0.4) is 0 Å². The first-order chi connectivity index (χ1) is 9.56. The fourth-order valence-corrected chi connectivity index (χ4v) is 2.61. The lowest BCUT2D eigenvalue weighted by Gasteiger charge is -2.35. The maximum Gasteiger partial charge on any atom is 0.304 e. The number of carbonyl (C=O) groups excluding carboxylic acids is 2. The van der Waals surface area contributed by atoms with Gasteiger partial charge in [-0.1, -0.05) is 0 Å². The topological polar surface area (TPSA) is 81.2 Å². The number of amides is 2. The van der Waals surface area contributed by atoms with E-state index in [9.17, 15) is 14.4 Å². The molecule has 0 bridgehead atoms. The highest BCUT2D eigenvalue weighted by Crippen LogP contribution is 2.10. The molecular formula is C13H21N3O4. The van der Waals surface area contributed by atoms with Gasteiger partial charge in [0.2, 0.25) is 11.8 Å². The summed E-state index contributed by atoms with van der Waals surface area (Å²) in [6.07, 6.45) is 1.53. The molecule has 20 heavy (non-hydrogen) atoms. The van der Waals surface area contributed by atoms with Crippen molar-refractivity contribution >= 4 is 17.8 Å². The Hall–Kier alpha value is -1.63. The van der Waals surface area contributed by atoms with Gasteiger partial charge in [0.25, 0.3) is 0 Å². The predicted octanol–water partition coefficient (Wildman–Crippen LogP) is -0.772. The van der Waals surface area contributed by atoms with Crippen LogP contribution in [0.5, 0.6) is 0 Å². The molecule has 1 N–H and O–H groups in total. The van der Waals surface area contributed by atoms with E-state index < -0.39 is 5.97 Å². The normalized spacial score (nSPS) is 20.5. The summed E-state index contributed by atoms with van der Waals surface area (Å²) in [7, 11) is 0. The van der Waals surface area contributed by atoms with Crippen molar-refractivity contribution in [1.29, 1.82) is 0 Å². The highest BCUT2D eigenvalue weighted by atomic mass is 16.4. The minimum atomic E-state index is -0.795. The molecule has 0 unspecified atom stereocenters. The van der Waals surface area contributed by atoms with Crippen molar-refractivity contribution in [3.63, 3.8) is 0 Å². The van der Waals surface area contributed by atoms with Crippen molar-refractivity contribution in [3.05, 3.63) is 0 Å². The number of likely N-dealkylation sites (tertiary alicyclic amines) is 1. The minimum Gasteiger partial charge on any atom is -0.481 e. The minimum absolute atomic E-state index is 0.00173. The van der Waals surface area contributed by atoms with E-state index in [4.69, 9.17) is 5.11 Å². The van der Waals surface area contributed by atoms with Crippen LogP contribution in [0.25, 0.3) is 0 Å². The molecule has 0 aromatic rings. The number of carboxylic acid groups (broad SMARTS) is 1. The van der Waals surface area contributed by atoms with Crippen LogP contribution >= 0.6 is 0 Å². The number of hydrogen-bond acceptors (Lipinski definition) is 4. The molecular weight excluding hydrogens is 262 g/mol. The second-order valence-corrected chi connectivity index (χ2v) is 5.29. The van der Waals surface area contributed by atoms with E-state index in [1.807, 2.05) is 0 Å². The molecule has 0 radical (unpaired) electrons. The van der Waals surface area contributed by atoms with E-state index in [1.165, 1.54) is 0 Å². The van der Waals surface area contributed by atoms with Crippen molar-refractivity contribution in [3.8, 4) is 0 Å². The highest BCUT2D eigenvalue weighted by molar-refractivity contribution is 5.85. The van der Waals surface area contributed by atoms with Crippen LogP contribution in [-0.4, -0.2) is 83.4 Å². The van der Waals surface area contributed by atoms with Crippen molar-refractivity contribution in [1.82, 2.24) is 14.7 Å². The Morgan fingerprint density at radius 1 is 1.10 bits per heavy atom. The van der Waals surface area contributed by atoms with E-state index in [-0.39, 0.29) is 24.8 Å². The highest BCUT2D eigenvalue weighted by Gasteiger charge is 2.26. The molecule has 0 aliphatic carbocycles. The largest absolute Gasteiger partial charge is 0.481 e. The molecule has 0 aromatic carbocycles. The fraction of sp³-hybridized carbons (Fsp3) is 0.769. The number of carboxylic acids is 1. The second-order valence-electron chi connectivity index (χ2n) is 5.29. The molecule has 2 aliphatic rings. The van der Waals surface area contributed by atoms with Gasteiger partial charge in [0, 0.05) is 45.7 Å².